The van der Waals surface area contributed by atoms with Crippen LogP contribution in [0.5, 0.6) is 0 Å². The maximum atomic E-state index is 10.8. The second-order valence-electron chi connectivity index (χ2n) is 3.54. The van der Waals surface area contributed by atoms with E-state index in [0.717, 1.165) is 16.3 Å². The molecule has 0 spiro atoms. The third-order valence-electron chi connectivity index (χ3n) is 2.57. The molecule has 0 radical (unpaired) electrons. The highest BCUT2D eigenvalue weighted by Gasteiger charge is 2.10. The van der Waals surface area contributed by atoms with Gasteiger partial charge in [-0.3, -0.25) is 4.79 Å². The molecule has 0 aliphatic heterocycles. The van der Waals surface area contributed by atoms with Gasteiger partial charge in [-0.05, 0) is 24.6 Å². The van der Waals surface area contributed by atoms with E-state index in [0.29, 0.717) is 5.82 Å². The van der Waals surface area contributed by atoms with Crippen molar-refractivity contribution in [3.8, 4) is 0 Å². The number of carbonyl (C=O) groups is 1. The van der Waals surface area contributed by atoms with Crippen molar-refractivity contribution < 1.29 is 4.79 Å². The van der Waals surface area contributed by atoms with Gasteiger partial charge in [-0.25, -0.2) is 4.98 Å². The Morgan fingerprint density at radius 1 is 1.38 bits per heavy atom. The van der Waals surface area contributed by atoms with Crippen LogP contribution < -0.4 is 0 Å². The molecule has 0 N–H and O–H groups in total. The minimum atomic E-state index is 0.107. The Balaban J connectivity index is 2.35. The molecule has 1 atom stereocenters. The van der Waals surface area contributed by atoms with Gasteiger partial charge >= 0.3 is 0 Å². The lowest BCUT2D eigenvalue weighted by Gasteiger charge is -2.14. The second-order valence-corrected chi connectivity index (χ2v) is 4.45. The monoisotopic (exact) mass is 278 g/mol. The molecule has 0 aliphatic carbocycles. The molecule has 3 nitrogen and oxygen atoms in total. The van der Waals surface area contributed by atoms with E-state index in [4.69, 9.17) is 0 Å². The number of nitrogens with zero attached hydrogens (tertiary/aromatic N) is 2. The van der Waals surface area contributed by atoms with Crippen molar-refractivity contribution in [2.45, 2.75) is 13.0 Å². The maximum Gasteiger partial charge on any atom is 0.185 e. The minimum absolute atomic E-state index is 0.107. The Morgan fingerprint density at radius 2 is 2.06 bits per heavy atom. The van der Waals surface area contributed by atoms with Crippen molar-refractivity contribution in [3.05, 3.63) is 52.5 Å². The van der Waals surface area contributed by atoms with E-state index in [1.54, 1.807) is 6.20 Å². The molecule has 1 aromatic carbocycles. The molecule has 2 aromatic rings. The van der Waals surface area contributed by atoms with Crippen LogP contribution in [0.3, 0.4) is 0 Å². The van der Waals surface area contributed by atoms with Gasteiger partial charge in [0.1, 0.15) is 0 Å². The molecule has 0 bridgehead atoms. The normalized spacial score (nSPS) is 12.4. The molecule has 82 valence electrons. The van der Waals surface area contributed by atoms with Crippen molar-refractivity contribution in [2.75, 3.05) is 0 Å². The van der Waals surface area contributed by atoms with Gasteiger partial charge in [0.2, 0.25) is 0 Å². The minimum Gasteiger partial charge on any atom is -0.322 e. The molecule has 0 aliphatic rings. The molecule has 1 heterocycles. The molecular weight excluding hydrogens is 268 g/mol. The van der Waals surface area contributed by atoms with Gasteiger partial charge in [0.25, 0.3) is 0 Å². The van der Waals surface area contributed by atoms with Crippen LogP contribution in [0.15, 0.2) is 41.1 Å². The summed E-state index contributed by atoms with van der Waals surface area (Å²) in [6.07, 6.45) is 4.23. The number of carbonyl (C=O) groups excluding carboxylic acids is 1. The highest BCUT2D eigenvalue weighted by atomic mass is 79.9. The molecule has 4 heteroatoms. The molecule has 1 aromatic heterocycles. The second kappa shape index (κ2) is 4.61. The molecule has 0 saturated heterocycles. The molecule has 2 rings (SSSR count). The van der Waals surface area contributed by atoms with E-state index >= 15 is 0 Å². The SMILES string of the molecule is CC(c1ccc(Br)cc1)n1ccnc1C=O. The third kappa shape index (κ3) is 2.07. The van der Waals surface area contributed by atoms with Gasteiger partial charge in [0, 0.05) is 16.9 Å². The first-order chi connectivity index (χ1) is 7.72. The first-order valence-electron chi connectivity index (χ1n) is 4.96. The third-order valence-corrected chi connectivity index (χ3v) is 3.10. The summed E-state index contributed by atoms with van der Waals surface area (Å²) in [5, 5.41) is 0. The smallest absolute Gasteiger partial charge is 0.185 e. The van der Waals surface area contributed by atoms with Crippen molar-refractivity contribution in [2.24, 2.45) is 0 Å². The van der Waals surface area contributed by atoms with Crippen molar-refractivity contribution >= 4 is 22.2 Å². The lowest BCUT2D eigenvalue weighted by Crippen LogP contribution is -2.09. The number of halogens is 1. The zero-order valence-corrected chi connectivity index (χ0v) is 10.4. The van der Waals surface area contributed by atoms with Crippen molar-refractivity contribution in [3.63, 3.8) is 0 Å². The summed E-state index contributed by atoms with van der Waals surface area (Å²) in [6, 6.07) is 8.15. The van der Waals surface area contributed by atoms with E-state index < -0.39 is 0 Å². The largest absolute Gasteiger partial charge is 0.322 e. The molecule has 1 unspecified atom stereocenters. The summed E-state index contributed by atoms with van der Waals surface area (Å²) < 4.78 is 2.90. The fourth-order valence-corrected chi connectivity index (χ4v) is 1.91. The van der Waals surface area contributed by atoms with Gasteiger partial charge < -0.3 is 4.57 Å². The van der Waals surface area contributed by atoms with E-state index in [1.807, 2.05) is 42.0 Å². The quantitative estimate of drug-likeness (QED) is 0.809. The number of aromatic nitrogens is 2. The van der Waals surface area contributed by atoms with Crippen molar-refractivity contribution in [1.82, 2.24) is 9.55 Å². The summed E-state index contributed by atoms with van der Waals surface area (Å²) in [5.74, 6) is 0.454. The maximum absolute atomic E-state index is 10.8. The van der Waals surface area contributed by atoms with Gasteiger partial charge in [-0.2, -0.15) is 0 Å². The summed E-state index contributed by atoms with van der Waals surface area (Å²) in [5.41, 5.74) is 1.14. The van der Waals surface area contributed by atoms with E-state index in [-0.39, 0.29) is 6.04 Å². The van der Waals surface area contributed by atoms with Gasteiger partial charge in [0.05, 0.1) is 6.04 Å². The Bertz CT molecular complexity index is 490. The number of aldehydes is 1. The highest BCUT2D eigenvalue weighted by molar-refractivity contribution is 9.10. The topological polar surface area (TPSA) is 34.9 Å². The summed E-state index contributed by atoms with van der Waals surface area (Å²) in [7, 11) is 0. The Kier molecular flexibility index (Phi) is 3.19. The number of imidazole rings is 1. The number of benzene rings is 1. The number of rotatable bonds is 3. The van der Waals surface area contributed by atoms with Gasteiger partial charge in [0.15, 0.2) is 12.1 Å². The molecule has 0 amide bonds. The predicted octanol–water partition coefficient (Wildman–Crippen LogP) is 3.07. The van der Waals surface area contributed by atoms with Crippen LogP contribution in [-0.4, -0.2) is 15.8 Å². The fraction of sp³-hybridized carbons (Fsp3) is 0.167. The van der Waals surface area contributed by atoms with Gasteiger partial charge in [-0.1, -0.05) is 28.1 Å². The summed E-state index contributed by atoms with van der Waals surface area (Å²) in [6.45, 7) is 2.04. The fourth-order valence-electron chi connectivity index (χ4n) is 1.65. The van der Waals surface area contributed by atoms with Crippen LogP contribution in [0.1, 0.15) is 29.1 Å². The van der Waals surface area contributed by atoms with Crippen LogP contribution in [-0.2, 0) is 0 Å². The van der Waals surface area contributed by atoms with Crippen LogP contribution in [0.2, 0.25) is 0 Å². The van der Waals surface area contributed by atoms with Crippen LogP contribution in [0, 0.1) is 0 Å². The van der Waals surface area contributed by atoms with E-state index in [2.05, 4.69) is 20.9 Å². The average molecular weight is 279 g/mol. The van der Waals surface area contributed by atoms with Crippen LogP contribution in [0.25, 0.3) is 0 Å². The lowest BCUT2D eigenvalue weighted by atomic mass is 10.1. The Labute approximate surface area is 102 Å². The van der Waals surface area contributed by atoms with Crippen molar-refractivity contribution in [1.29, 1.82) is 0 Å². The average Bonchev–Trinajstić information content (AvgIpc) is 2.77. The Morgan fingerprint density at radius 3 is 2.69 bits per heavy atom. The number of hydrogen-bond donors (Lipinski definition) is 0. The van der Waals surface area contributed by atoms with Gasteiger partial charge in [-0.15, -0.1) is 0 Å². The highest BCUT2D eigenvalue weighted by Crippen LogP contribution is 2.20. The van der Waals surface area contributed by atoms with Crippen LogP contribution in [0.4, 0.5) is 0 Å². The predicted molar refractivity (Wildman–Crippen MR) is 65.6 cm³/mol. The Hall–Kier alpha value is -1.42. The molecule has 0 saturated carbocycles. The zero-order valence-electron chi connectivity index (χ0n) is 8.80. The molecule has 16 heavy (non-hydrogen) atoms. The van der Waals surface area contributed by atoms with E-state index in [1.165, 1.54) is 0 Å². The first kappa shape index (κ1) is 11.1. The summed E-state index contributed by atoms with van der Waals surface area (Å²) in [4.78, 5) is 14.8. The molecular formula is C12H11BrN2O. The first-order valence-corrected chi connectivity index (χ1v) is 5.75. The molecule has 0 fully saturated rings. The zero-order chi connectivity index (χ0) is 11.5. The van der Waals surface area contributed by atoms with E-state index in [9.17, 15) is 4.79 Å². The summed E-state index contributed by atoms with van der Waals surface area (Å²) >= 11 is 3.40. The standard InChI is InChI=1S/C12H11BrN2O/c1-9(10-2-4-11(13)5-3-10)15-7-6-14-12(15)8-16/h2-9H,1H3. The lowest BCUT2D eigenvalue weighted by molar-refractivity contribution is 0.111. The van der Waals surface area contributed by atoms with Crippen LogP contribution >= 0.6 is 15.9 Å². The number of hydrogen-bond acceptors (Lipinski definition) is 2.